The average molecular weight is 371 g/mol. The summed E-state index contributed by atoms with van der Waals surface area (Å²) >= 11 is 0.561. The van der Waals surface area contributed by atoms with Gasteiger partial charge in [0.05, 0.1) is 4.90 Å². The molecule has 0 atom stereocenters. The van der Waals surface area contributed by atoms with Gasteiger partial charge in [-0.1, -0.05) is 0 Å². The van der Waals surface area contributed by atoms with E-state index in [0.29, 0.717) is 17.8 Å². The summed E-state index contributed by atoms with van der Waals surface area (Å²) < 4.78 is 75.8. The predicted molar refractivity (Wildman–Crippen MR) is 70.7 cm³/mol. The molecule has 0 radical (unpaired) electrons. The maximum Gasteiger partial charge on any atom is 0.501 e. The highest BCUT2D eigenvalue weighted by molar-refractivity contribution is 8.00. The Morgan fingerprint density at radius 1 is 1.30 bits per heavy atom. The summed E-state index contributed by atoms with van der Waals surface area (Å²) in [6, 6.07) is 2.04. The third kappa shape index (κ3) is 3.33. The van der Waals surface area contributed by atoms with Gasteiger partial charge in [0.1, 0.15) is 12.4 Å². The van der Waals surface area contributed by atoms with Crippen molar-refractivity contribution in [2.24, 2.45) is 7.05 Å². The van der Waals surface area contributed by atoms with Crippen molar-refractivity contribution in [1.29, 1.82) is 0 Å². The molecule has 1 aromatic heterocycles. The van der Waals surface area contributed by atoms with Crippen molar-refractivity contribution in [2.75, 3.05) is 0 Å². The lowest BCUT2D eigenvalue weighted by molar-refractivity contribution is -0.0437. The van der Waals surface area contributed by atoms with Crippen LogP contribution in [0.2, 0.25) is 0 Å². The first-order chi connectivity index (χ1) is 10.6. The summed E-state index contributed by atoms with van der Waals surface area (Å²) in [7, 11) is -4.29. The molecule has 12 heteroatoms. The highest BCUT2D eigenvalue weighted by Crippen LogP contribution is 2.38. The number of hydrogen-bond acceptors (Lipinski definition) is 6. The van der Waals surface area contributed by atoms with Crippen LogP contribution < -0.4 is 0 Å². The summed E-state index contributed by atoms with van der Waals surface area (Å²) in [4.78, 5) is -1.56. The second-order valence-corrected chi connectivity index (χ2v) is 7.18. The van der Waals surface area contributed by atoms with Crippen molar-refractivity contribution in [3.8, 4) is 0 Å². The Morgan fingerprint density at radius 3 is 2.48 bits per heavy atom. The Labute approximate surface area is 132 Å². The third-order valence-corrected chi connectivity index (χ3v) is 5.54. The van der Waals surface area contributed by atoms with Gasteiger partial charge in [0.2, 0.25) is 0 Å². The lowest BCUT2D eigenvalue weighted by Gasteiger charge is -2.12. The summed E-state index contributed by atoms with van der Waals surface area (Å²) in [5, 5.41) is 16.3. The van der Waals surface area contributed by atoms with Crippen molar-refractivity contribution in [3.05, 3.63) is 29.8 Å². The molecule has 23 heavy (non-hydrogen) atoms. The fraction of sp³-hybridized carbons (Fsp3) is 0.273. The van der Waals surface area contributed by atoms with Crippen LogP contribution in [0.3, 0.4) is 0 Å². The van der Waals surface area contributed by atoms with E-state index in [-0.39, 0.29) is 15.9 Å². The number of benzene rings is 1. The molecule has 0 amide bonds. The minimum Gasteiger partial charge on any atom is -0.388 e. The number of rotatable bonds is 4. The smallest absolute Gasteiger partial charge is 0.388 e. The first-order valence-corrected chi connectivity index (χ1v) is 8.15. The number of alkyl halides is 3. The quantitative estimate of drug-likeness (QED) is 0.827. The lowest BCUT2D eigenvalue weighted by Crippen LogP contribution is -2.24. The van der Waals surface area contributed by atoms with Crippen LogP contribution in [-0.2, 0) is 23.5 Å². The highest BCUT2D eigenvalue weighted by atomic mass is 32.2. The van der Waals surface area contributed by atoms with Crippen molar-refractivity contribution in [1.82, 2.24) is 14.8 Å². The number of aromatic nitrogens is 3. The number of aliphatic hydroxyl groups is 1. The zero-order chi connectivity index (χ0) is 17.4. The molecule has 1 N–H and O–H groups in total. The van der Waals surface area contributed by atoms with Crippen LogP contribution in [0.25, 0.3) is 0 Å². The first-order valence-electron chi connectivity index (χ1n) is 5.86. The van der Waals surface area contributed by atoms with Crippen LogP contribution in [-0.4, -0.2) is 33.8 Å². The molecule has 0 fully saturated rings. The molecule has 0 unspecified atom stereocenters. The number of hydrogen-bond donors (Lipinski definition) is 1. The van der Waals surface area contributed by atoms with Crippen LogP contribution in [0.15, 0.2) is 33.1 Å². The molecule has 6 nitrogen and oxygen atoms in total. The molecule has 126 valence electrons. The van der Waals surface area contributed by atoms with Crippen molar-refractivity contribution >= 4 is 21.6 Å². The van der Waals surface area contributed by atoms with Gasteiger partial charge in [-0.15, -0.1) is 10.2 Å². The van der Waals surface area contributed by atoms with Crippen molar-refractivity contribution < 1.29 is 31.1 Å². The standard InChI is InChI=1S/C11H9F4N3O3S2/c1-18-9(5-19)16-17-10(18)22-7-3-2-6(12)4-8(7)23(20,21)11(13,14)15/h2-4,19H,5H2,1H3. The molecule has 2 rings (SSSR count). The normalized spacial score (nSPS) is 12.6. The Bertz CT molecular complexity index is 834. The number of nitrogens with zero attached hydrogens (tertiary/aromatic N) is 3. The molecule has 1 heterocycles. The number of halogens is 4. The molecule has 0 aliphatic heterocycles. The molecule has 0 spiro atoms. The van der Waals surface area contributed by atoms with Crippen molar-refractivity contribution in [2.45, 2.75) is 27.1 Å². The predicted octanol–water partition coefficient (Wildman–Crippen LogP) is 1.89. The Balaban J connectivity index is 2.54. The van der Waals surface area contributed by atoms with Crippen molar-refractivity contribution in [3.63, 3.8) is 0 Å². The second kappa shape index (κ2) is 6.09. The third-order valence-electron chi connectivity index (χ3n) is 2.77. The van der Waals surface area contributed by atoms with E-state index >= 15 is 0 Å². The zero-order valence-electron chi connectivity index (χ0n) is 11.4. The van der Waals surface area contributed by atoms with E-state index in [1.165, 1.54) is 11.6 Å². The van der Waals surface area contributed by atoms with E-state index in [1.807, 2.05) is 0 Å². The van der Waals surface area contributed by atoms with Crippen LogP contribution in [0.1, 0.15) is 5.82 Å². The van der Waals surface area contributed by atoms with Gasteiger partial charge < -0.3 is 9.67 Å². The van der Waals surface area contributed by atoms with Gasteiger partial charge in [0, 0.05) is 11.9 Å². The van der Waals surface area contributed by atoms with Gasteiger partial charge in [-0.2, -0.15) is 13.2 Å². The summed E-state index contributed by atoms with van der Waals surface area (Å²) in [6.07, 6.45) is 0. The summed E-state index contributed by atoms with van der Waals surface area (Å²) in [6.45, 7) is -0.457. The molecular formula is C11H9F4N3O3S2. The molecule has 0 aliphatic rings. The second-order valence-electron chi connectivity index (χ2n) is 4.26. The lowest BCUT2D eigenvalue weighted by atomic mass is 10.3. The fourth-order valence-corrected chi connectivity index (χ4v) is 3.69. The van der Waals surface area contributed by atoms with Gasteiger partial charge >= 0.3 is 5.51 Å². The van der Waals surface area contributed by atoms with Gasteiger partial charge in [-0.05, 0) is 30.0 Å². The van der Waals surface area contributed by atoms with Crippen LogP contribution in [0, 0.1) is 5.82 Å². The Morgan fingerprint density at radius 2 is 1.96 bits per heavy atom. The molecule has 0 aliphatic carbocycles. The van der Waals surface area contributed by atoms with E-state index in [2.05, 4.69) is 10.2 Å². The molecule has 0 saturated carbocycles. The highest BCUT2D eigenvalue weighted by Gasteiger charge is 2.48. The fourth-order valence-electron chi connectivity index (χ4n) is 1.57. The summed E-state index contributed by atoms with van der Waals surface area (Å²) in [5.74, 6) is -0.985. The van der Waals surface area contributed by atoms with E-state index in [9.17, 15) is 26.0 Å². The van der Waals surface area contributed by atoms with Crippen LogP contribution in [0.4, 0.5) is 17.6 Å². The van der Waals surface area contributed by atoms with E-state index in [4.69, 9.17) is 5.11 Å². The van der Waals surface area contributed by atoms with Gasteiger partial charge in [0.15, 0.2) is 11.0 Å². The summed E-state index contributed by atoms with van der Waals surface area (Å²) in [5.41, 5.74) is -5.56. The number of aliphatic hydroxyl groups excluding tert-OH is 1. The maximum absolute atomic E-state index is 13.2. The molecular weight excluding hydrogens is 362 g/mol. The molecule has 2 aromatic rings. The largest absolute Gasteiger partial charge is 0.501 e. The van der Waals surface area contributed by atoms with E-state index in [1.54, 1.807) is 0 Å². The SMILES string of the molecule is Cn1c(CO)nnc1Sc1ccc(F)cc1S(=O)(=O)C(F)(F)F. The zero-order valence-corrected chi connectivity index (χ0v) is 13.0. The minimum absolute atomic E-state index is 0.0410. The number of sulfone groups is 1. The van der Waals surface area contributed by atoms with Gasteiger partial charge in [0.25, 0.3) is 9.84 Å². The topological polar surface area (TPSA) is 85.1 Å². The molecule has 0 bridgehead atoms. The van der Waals surface area contributed by atoms with Crippen LogP contribution in [0.5, 0.6) is 0 Å². The van der Waals surface area contributed by atoms with Crippen LogP contribution >= 0.6 is 11.8 Å². The minimum atomic E-state index is -5.73. The Hall–Kier alpha value is -1.66. The first kappa shape index (κ1) is 17.7. The average Bonchev–Trinajstić information content (AvgIpc) is 2.80. The maximum atomic E-state index is 13.2. The van der Waals surface area contributed by atoms with E-state index < -0.39 is 32.7 Å². The molecule has 1 aromatic carbocycles. The monoisotopic (exact) mass is 371 g/mol. The van der Waals surface area contributed by atoms with Gasteiger partial charge in [-0.25, -0.2) is 12.8 Å². The van der Waals surface area contributed by atoms with Gasteiger partial charge in [-0.3, -0.25) is 0 Å². The van der Waals surface area contributed by atoms with E-state index in [0.717, 1.165) is 12.1 Å². The molecule has 0 saturated heterocycles. The Kier molecular flexibility index (Phi) is 4.69.